The van der Waals surface area contributed by atoms with Crippen LogP contribution in [0.4, 0.5) is 5.69 Å². The number of rotatable bonds is 3. The van der Waals surface area contributed by atoms with Crippen LogP contribution < -0.4 is 16.4 Å². The molecule has 0 unspecified atom stereocenters. The predicted molar refractivity (Wildman–Crippen MR) is 76.0 cm³/mol. The van der Waals surface area contributed by atoms with Gasteiger partial charge in [0.15, 0.2) is 0 Å². The third-order valence-electron chi connectivity index (χ3n) is 3.09. The number of aryl methyl sites for hydroxylation is 1. The van der Waals surface area contributed by atoms with Gasteiger partial charge in [0.2, 0.25) is 5.96 Å². The van der Waals surface area contributed by atoms with Crippen molar-refractivity contribution in [3.8, 4) is 0 Å². The number of hydrogen-bond donors (Lipinski definition) is 2. The topological polar surface area (TPSA) is 80.0 Å². The highest BCUT2D eigenvalue weighted by Gasteiger charge is 2.12. The van der Waals surface area contributed by atoms with E-state index < -0.39 is 0 Å². The maximum atomic E-state index is 5.21. The highest BCUT2D eigenvalue weighted by atomic mass is 15.3. The molecule has 18 heavy (non-hydrogen) atoms. The lowest BCUT2D eigenvalue weighted by atomic mass is 10.1. The monoisotopic (exact) mass is 245 g/mol. The molecule has 1 aliphatic rings. The van der Waals surface area contributed by atoms with Crippen LogP contribution in [0.3, 0.4) is 0 Å². The first-order chi connectivity index (χ1) is 8.66. The third kappa shape index (κ3) is 3.00. The summed E-state index contributed by atoms with van der Waals surface area (Å²) in [6.07, 6.45) is 4.24. The molecule has 0 radical (unpaired) electrons. The Bertz CT molecular complexity index is 468. The van der Waals surface area contributed by atoms with Gasteiger partial charge in [0.05, 0.1) is 6.21 Å². The van der Waals surface area contributed by atoms with E-state index in [1.54, 1.807) is 6.21 Å². The van der Waals surface area contributed by atoms with E-state index in [0.717, 1.165) is 18.7 Å². The zero-order valence-electron chi connectivity index (χ0n) is 10.6. The molecule has 1 saturated heterocycles. The molecule has 1 heterocycles. The number of anilines is 1. The second-order valence-corrected chi connectivity index (χ2v) is 4.50. The van der Waals surface area contributed by atoms with Crippen LogP contribution in [0, 0.1) is 6.92 Å². The van der Waals surface area contributed by atoms with E-state index in [0.29, 0.717) is 0 Å². The van der Waals surface area contributed by atoms with Crippen LogP contribution in [-0.2, 0) is 0 Å². The molecular weight excluding hydrogens is 226 g/mol. The van der Waals surface area contributed by atoms with Gasteiger partial charge in [0.1, 0.15) is 0 Å². The molecular formula is C13H19N5. The Morgan fingerprint density at radius 2 is 2.00 bits per heavy atom. The van der Waals surface area contributed by atoms with Crippen LogP contribution in [0.5, 0.6) is 0 Å². The quantitative estimate of drug-likeness (QED) is 0.477. The van der Waals surface area contributed by atoms with Crippen LogP contribution in [-0.4, -0.2) is 25.3 Å². The Morgan fingerprint density at radius 1 is 1.28 bits per heavy atom. The summed E-state index contributed by atoms with van der Waals surface area (Å²) in [5, 5.41) is 7.42. The molecule has 0 atom stereocenters. The van der Waals surface area contributed by atoms with E-state index in [4.69, 9.17) is 11.5 Å². The van der Waals surface area contributed by atoms with Crippen LogP contribution in [0.25, 0.3) is 0 Å². The summed E-state index contributed by atoms with van der Waals surface area (Å²) >= 11 is 0. The minimum Gasteiger partial charge on any atom is -0.372 e. The second-order valence-electron chi connectivity index (χ2n) is 4.50. The van der Waals surface area contributed by atoms with Crippen molar-refractivity contribution in [2.75, 3.05) is 18.0 Å². The third-order valence-corrected chi connectivity index (χ3v) is 3.09. The first-order valence-electron chi connectivity index (χ1n) is 6.14. The zero-order valence-corrected chi connectivity index (χ0v) is 10.6. The average molecular weight is 245 g/mol. The van der Waals surface area contributed by atoms with E-state index >= 15 is 0 Å². The van der Waals surface area contributed by atoms with Gasteiger partial charge in [-0.15, -0.1) is 5.10 Å². The van der Waals surface area contributed by atoms with Crippen LogP contribution >= 0.6 is 0 Å². The Labute approximate surface area is 107 Å². The van der Waals surface area contributed by atoms with Gasteiger partial charge in [0.25, 0.3) is 0 Å². The Kier molecular flexibility index (Phi) is 3.82. The van der Waals surface area contributed by atoms with Gasteiger partial charge in [-0.25, -0.2) is 0 Å². The van der Waals surface area contributed by atoms with E-state index in [-0.39, 0.29) is 5.96 Å². The molecule has 0 amide bonds. The molecule has 0 spiro atoms. The van der Waals surface area contributed by atoms with Gasteiger partial charge < -0.3 is 16.4 Å². The number of nitrogens with two attached hydrogens (primary N) is 2. The van der Waals surface area contributed by atoms with Gasteiger partial charge in [-0.2, -0.15) is 5.10 Å². The molecule has 0 bridgehead atoms. The van der Waals surface area contributed by atoms with Gasteiger partial charge in [-0.05, 0) is 43.0 Å². The fraction of sp³-hybridized carbons (Fsp3) is 0.385. The molecule has 0 aromatic heterocycles. The summed E-state index contributed by atoms with van der Waals surface area (Å²) in [6.45, 7) is 4.37. The van der Waals surface area contributed by atoms with Crippen LogP contribution in [0.2, 0.25) is 0 Å². The molecule has 1 fully saturated rings. The largest absolute Gasteiger partial charge is 0.372 e. The maximum Gasteiger partial charge on any atom is 0.211 e. The fourth-order valence-corrected chi connectivity index (χ4v) is 2.13. The summed E-state index contributed by atoms with van der Waals surface area (Å²) in [7, 11) is 0. The van der Waals surface area contributed by atoms with Crippen molar-refractivity contribution in [3.05, 3.63) is 29.3 Å². The first-order valence-corrected chi connectivity index (χ1v) is 6.14. The van der Waals surface area contributed by atoms with E-state index in [1.165, 1.54) is 24.1 Å². The highest BCUT2D eigenvalue weighted by molar-refractivity contribution is 5.83. The van der Waals surface area contributed by atoms with Crippen molar-refractivity contribution in [1.82, 2.24) is 0 Å². The molecule has 0 saturated carbocycles. The molecule has 96 valence electrons. The SMILES string of the molecule is Cc1cc(N2CCCC2)ccc1/C=N\N=C(N)N. The molecule has 0 aliphatic carbocycles. The number of guanidine groups is 1. The average Bonchev–Trinajstić information content (AvgIpc) is 2.84. The standard InChI is InChI=1S/C13H19N5/c1-10-8-12(18-6-2-3-7-18)5-4-11(10)9-16-17-13(14)15/h4-5,8-9H,2-3,6-7H2,1H3,(H4,14,15,17)/b16-9-. The van der Waals surface area contributed by atoms with Crippen molar-refractivity contribution in [1.29, 1.82) is 0 Å². The second kappa shape index (κ2) is 5.53. The summed E-state index contributed by atoms with van der Waals surface area (Å²) in [4.78, 5) is 2.41. The normalized spacial score (nSPS) is 15.3. The lowest BCUT2D eigenvalue weighted by molar-refractivity contribution is 0.949. The maximum absolute atomic E-state index is 5.21. The Hall–Kier alpha value is -2.04. The molecule has 1 aliphatic heterocycles. The van der Waals surface area contributed by atoms with E-state index in [1.807, 2.05) is 0 Å². The Morgan fingerprint density at radius 3 is 2.61 bits per heavy atom. The lowest BCUT2D eigenvalue weighted by Gasteiger charge is -2.18. The first kappa shape index (κ1) is 12.4. The van der Waals surface area contributed by atoms with Crippen molar-refractivity contribution >= 4 is 17.9 Å². The Balaban J connectivity index is 2.14. The van der Waals surface area contributed by atoms with E-state index in [2.05, 4.69) is 40.2 Å². The molecule has 1 aromatic carbocycles. The summed E-state index contributed by atoms with van der Waals surface area (Å²) in [5.41, 5.74) is 13.9. The van der Waals surface area contributed by atoms with Crippen molar-refractivity contribution in [2.45, 2.75) is 19.8 Å². The molecule has 5 heteroatoms. The van der Waals surface area contributed by atoms with Crippen molar-refractivity contribution in [2.24, 2.45) is 21.7 Å². The molecule has 1 aromatic rings. The smallest absolute Gasteiger partial charge is 0.211 e. The molecule has 2 rings (SSSR count). The van der Waals surface area contributed by atoms with Gasteiger partial charge >= 0.3 is 0 Å². The highest BCUT2D eigenvalue weighted by Crippen LogP contribution is 2.22. The van der Waals surface area contributed by atoms with E-state index in [9.17, 15) is 0 Å². The number of nitrogens with zero attached hydrogens (tertiary/aromatic N) is 3. The van der Waals surface area contributed by atoms with Gasteiger partial charge in [-0.3, -0.25) is 0 Å². The summed E-state index contributed by atoms with van der Waals surface area (Å²) in [6, 6.07) is 6.35. The predicted octanol–water partition coefficient (Wildman–Crippen LogP) is 1.20. The summed E-state index contributed by atoms with van der Waals surface area (Å²) < 4.78 is 0. The van der Waals surface area contributed by atoms with Gasteiger partial charge in [-0.1, -0.05) is 6.07 Å². The summed E-state index contributed by atoms with van der Waals surface area (Å²) in [5.74, 6) is -0.0300. The fourth-order valence-electron chi connectivity index (χ4n) is 2.13. The molecule has 4 N–H and O–H groups in total. The molecule has 5 nitrogen and oxygen atoms in total. The lowest BCUT2D eigenvalue weighted by Crippen LogP contribution is -2.21. The van der Waals surface area contributed by atoms with Gasteiger partial charge in [0, 0.05) is 18.8 Å². The van der Waals surface area contributed by atoms with Crippen LogP contribution in [0.1, 0.15) is 24.0 Å². The van der Waals surface area contributed by atoms with Crippen LogP contribution in [0.15, 0.2) is 28.4 Å². The van der Waals surface area contributed by atoms with Crippen molar-refractivity contribution in [3.63, 3.8) is 0 Å². The minimum atomic E-state index is -0.0300. The number of hydrogen-bond acceptors (Lipinski definition) is 3. The van der Waals surface area contributed by atoms with Crippen molar-refractivity contribution < 1.29 is 0 Å². The number of benzene rings is 1. The minimum absolute atomic E-state index is 0.0300. The zero-order chi connectivity index (χ0) is 13.0.